The molecule has 2 aromatic rings. The van der Waals surface area contributed by atoms with Crippen LogP contribution in [0.3, 0.4) is 0 Å². The Hall–Kier alpha value is -2.52. The molecule has 3 amide bonds. The van der Waals surface area contributed by atoms with Gasteiger partial charge in [-0.3, -0.25) is 19.3 Å². The summed E-state index contributed by atoms with van der Waals surface area (Å²) in [5.74, 6) is -3.38. The van der Waals surface area contributed by atoms with Gasteiger partial charge in [0.2, 0.25) is 0 Å². The van der Waals surface area contributed by atoms with Crippen molar-refractivity contribution in [3.8, 4) is 5.75 Å². The fraction of sp³-hybridized carbons (Fsp3) is 0.273. The van der Waals surface area contributed by atoms with Crippen molar-refractivity contribution in [1.82, 2.24) is 4.90 Å². The second-order valence-corrected chi connectivity index (χ2v) is 9.07. The van der Waals surface area contributed by atoms with E-state index in [9.17, 15) is 19.2 Å². The first kappa shape index (κ1) is 26.1. The topological polar surface area (TPSA) is 102 Å². The molecule has 12 heteroatoms. The predicted molar refractivity (Wildman–Crippen MR) is 128 cm³/mol. The first-order valence-corrected chi connectivity index (χ1v) is 11.3. The molecule has 0 bridgehead atoms. The Bertz CT molecular complexity index is 1150. The summed E-state index contributed by atoms with van der Waals surface area (Å²) in [7, 11) is 1.48. The number of nitrogens with one attached hydrogen (secondary N) is 1. The Balaban J connectivity index is 1.79. The van der Waals surface area contributed by atoms with Crippen LogP contribution < -0.4 is 10.1 Å². The fourth-order valence-corrected chi connectivity index (χ4v) is 4.43. The molecule has 0 aliphatic carbocycles. The van der Waals surface area contributed by atoms with E-state index in [2.05, 4.69) is 5.32 Å². The summed E-state index contributed by atoms with van der Waals surface area (Å²) in [6.45, 7) is 2.56. The maximum atomic E-state index is 13.1. The highest BCUT2D eigenvalue weighted by Crippen LogP contribution is 2.45. The molecule has 0 radical (unpaired) electrons. The van der Waals surface area contributed by atoms with Gasteiger partial charge in [-0.05, 0) is 18.1 Å². The molecule has 1 N–H and O–H groups in total. The molecule has 1 aliphatic heterocycles. The lowest BCUT2D eigenvalue weighted by Gasteiger charge is -2.27. The Labute approximate surface area is 215 Å². The summed E-state index contributed by atoms with van der Waals surface area (Å²) in [5.41, 5.74) is -0.0697. The molecule has 0 saturated heterocycles. The van der Waals surface area contributed by atoms with E-state index in [-0.39, 0.29) is 31.2 Å². The van der Waals surface area contributed by atoms with Crippen LogP contribution >= 0.6 is 46.4 Å². The molecular formula is C22H18Cl4N2O6. The second kappa shape index (κ2) is 10.4. The SMILES string of the molecule is COc1cccc(NC(=O)COC(=O)[C@@H](C(C)C)N2C(=O)c3c(Cl)c(Cl)c(Cl)c(Cl)c3C2=O)c1. The Morgan fingerprint density at radius 3 is 2.03 bits per heavy atom. The van der Waals surface area contributed by atoms with Crippen LogP contribution in [0.5, 0.6) is 5.75 Å². The van der Waals surface area contributed by atoms with Crippen molar-refractivity contribution < 1.29 is 28.7 Å². The Kier molecular flexibility index (Phi) is 7.98. The van der Waals surface area contributed by atoms with Crippen LogP contribution in [0.1, 0.15) is 34.6 Å². The standard InChI is InChI=1S/C22H18Cl4N2O6/c1-9(2)19(22(32)34-8-12(29)27-10-5-4-6-11(7-10)33-3)28-20(30)13-14(21(28)31)16(24)18(26)17(25)15(13)23/h4-7,9,19H,8H2,1-3H3,(H,27,29)/t19-/m1/s1. The maximum Gasteiger partial charge on any atom is 0.330 e. The van der Waals surface area contributed by atoms with Crippen molar-refractivity contribution >= 4 is 75.8 Å². The van der Waals surface area contributed by atoms with Crippen molar-refractivity contribution in [3.63, 3.8) is 0 Å². The Morgan fingerprint density at radius 1 is 0.971 bits per heavy atom. The quantitative estimate of drug-likeness (QED) is 0.223. The molecule has 0 unspecified atom stereocenters. The Morgan fingerprint density at radius 2 is 1.53 bits per heavy atom. The molecule has 0 saturated carbocycles. The largest absolute Gasteiger partial charge is 0.497 e. The van der Waals surface area contributed by atoms with Crippen LogP contribution in [0.15, 0.2) is 24.3 Å². The number of fused-ring (bicyclic) bond motifs is 1. The first-order valence-electron chi connectivity index (χ1n) is 9.83. The minimum absolute atomic E-state index is 0.187. The average Bonchev–Trinajstić information content (AvgIpc) is 3.05. The number of anilines is 1. The van der Waals surface area contributed by atoms with Crippen LogP contribution in [0.25, 0.3) is 0 Å². The van der Waals surface area contributed by atoms with E-state index in [1.54, 1.807) is 38.1 Å². The minimum Gasteiger partial charge on any atom is -0.497 e. The van der Waals surface area contributed by atoms with E-state index in [4.69, 9.17) is 55.9 Å². The predicted octanol–water partition coefficient (Wildman–Crippen LogP) is 5.11. The summed E-state index contributed by atoms with van der Waals surface area (Å²) >= 11 is 24.4. The van der Waals surface area contributed by atoms with Gasteiger partial charge in [-0.1, -0.05) is 66.3 Å². The van der Waals surface area contributed by atoms with Gasteiger partial charge in [0, 0.05) is 11.8 Å². The average molecular weight is 548 g/mol. The third-order valence-corrected chi connectivity index (χ3v) is 6.78. The number of benzene rings is 2. The first-order chi connectivity index (χ1) is 16.0. The molecule has 2 aromatic carbocycles. The van der Waals surface area contributed by atoms with Crippen molar-refractivity contribution in [2.24, 2.45) is 5.92 Å². The van der Waals surface area contributed by atoms with Gasteiger partial charge in [0.05, 0.1) is 38.3 Å². The third kappa shape index (κ3) is 4.81. The van der Waals surface area contributed by atoms with Crippen molar-refractivity contribution in [3.05, 3.63) is 55.5 Å². The molecule has 180 valence electrons. The van der Waals surface area contributed by atoms with Gasteiger partial charge in [-0.2, -0.15) is 0 Å². The number of amides is 3. The number of nitrogens with zero attached hydrogens (tertiary/aromatic N) is 1. The molecule has 3 rings (SSSR count). The van der Waals surface area contributed by atoms with E-state index < -0.39 is 42.3 Å². The van der Waals surface area contributed by atoms with Gasteiger partial charge in [-0.25, -0.2) is 4.79 Å². The zero-order valence-corrected chi connectivity index (χ0v) is 21.1. The summed E-state index contributed by atoms with van der Waals surface area (Å²) in [6, 6.07) is 5.22. The van der Waals surface area contributed by atoms with Crippen molar-refractivity contribution in [1.29, 1.82) is 0 Å². The molecule has 1 aliphatic rings. The summed E-state index contributed by atoms with van der Waals surface area (Å²) in [4.78, 5) is 52.0. The molecular weight excluding hydrogens is 530 g/mol. The van der Waals surface area contributed by atoms with Crippen LogP contribution in [0, 0.1) is 5.92 Å². The molecule has 0 spiro atoms. The number of imide groups is 1. The summed E-state index contributed by atoms with van der Waals surface area (Å²) in [6.07, 6.45) is 0. The van der Waals surface area contributed by atoms with E-state index in [1.165, 1.54) is 7.11 Å². The summed E-state index contributed by atoms with van der Waals surface area (Å²) < 4.78 is 10.2. The highest BCUT2D eigenvalue weighted by Gasteiger charge is 2.48. The zero-order chi connectivity index (χ0) is 25.3. The highest BCUT2D eigenvalue weighted by molar-refractivity contribution is 6.55. The summed E-state index contributed by atoms with van der Waals surface area (Å²) in [5, 5.41) is 1.69. The molecule has 0 aromatic heterocycles. The third-order valence-electron chi connectivity index (χ3n) is 4.98. The van der Waals surface area contributed by atoms with Gasteiger partial charge >= 0.3 is 5.97 Å². The number of hydrogen-bond donors (Lipinski definition) is 1. The molecule has 1 heterocycles. The maximum absolute atomic E-state index is 13.1. The second-order valence-electron chi connectivity index (χ2n) is 7.56. The number of esters is 1. The van der Waals surface area contributed by atoms with Gasteiger partial charge in [0.15, 0.2) is 6.61 Å². The lowest BCUT2D eigenvalue weighted by Crippen LogP contribution is -2.49. The lowest BCUT2D eigenvalue weighted by molar-refractivity contribution is -0.152. The van der Waals surface area contributed by atoms with Crippen LogP contribution in [0.2, 0.25) is 20.1 Å². The van der Waals surface area contributed by atoms with Crippen molar-refractivity contribution in [2.75, 3.05) is 19.0 Å². The molecule has 0 fully saturated rings. The fourth-order valence-electron chi connectivity index (χ4n) is 3.41. The van der Waals surface area contributed by atoms with E-state index in [0.29, 0.717) is 16.3 Å². The number of hydrogen-bond acceptors (Lipinski definition) is 6. The molecule has 8 nitrogen and oxygen atoms in total. The monoisotopic (exact) mass is 546 g/mol. The van der Waals surface area contributed by atoms with E-state index in [0.717, 1.165) is 0 Å². The smallest absolute Gasteiger partial charge is 0.330 e. The number of rotatable bonds is 7. The van der Waals surface area contributed by atoms with Gasteiger partial charge in [-0.15, -0.1) is 0 Å². The number of halogens is 4. The number of carbonyl (C=O) groups excluding carboxylic acids is 4. The highest BCUT2D eigenvalue weighted by atomic mass is 35.5. The normalized spacial score (nSPS) is 13.7. The van der Waals surface area contributed by atoms with Crippen LogP contribution in [-0.2, 0) is 14.3 Å². The van der Waals surface area contributed by atoms with Gasteiger partial charge in [0.25, 0.3) is 17.7 Å². The zero-order valence-electron chi connectivity index (χ0n) is 18.1. The number of carbonyl (C=O) groups is 4. The van der Waals surface area contributed by atoms with E-state index in [1.807, 2.05) is 0 Å². The van der Waals surface area contributed by atoms with Crippen molar-refractivity contribution in [2.45, 2.75) is 19.9 Å². The van der Waals surface area contributed by atoms with Crippen LogP contribution in [0.4, 0.5) is 5.69 Å². The number of methoxy groups -OCH3 is 1. The van der Waals surface area contributed by atoms with Gasteiger partial charge in [0.1, 0.15) is 11.8 Å². The number of ether oxygens (including phenoxy) is 2. The van der Waals surface area contributed by atoms with Gasteiger partial charge < -0.3 is 14.8 Å². The molecule has 1 atom stereocenters. The van der Waals surface area contributed by atoms with Crippen LogP contribution in [-0.4, -0.2) is 48.3 Å². The minimum atomic E-state index is -1.36. The van der Waals surface area contributed by atoms with E-state index >= 15 is 0 Å². The lowest BCUT2D eigenvalue weighted by atomic mass is 10.0. The molecule has 34 heavy (non-hydrogen) atoms.